The predicted molar refractivity (Wildman–Crippen MR) is 91.5 cm³/mol. The van der Waals surface area contributed by atoms with Crippen molar-refractivity contribution >= 4 is 5.91 Å². The Morgan fingerprint density at radius 1 is 1.09 bits per heavy atom. The number of aromatic nitrogens is 1. The summed E-state index contributed by atoms with van der Waals surface area (Å²) in [6.45, 7) is 4.70. The molecule has 23 heavy (non-hydrogen) atoms. The molecule has 1 amide bonds. The maximum atomic E-state index is 12.3. The summed E-state index contributed by atoms with van der Waals surface area (Å²) in [4.78, 5) is 18.1. The number of carbonyl (C=O) groups is 1. The minimum absolute atomic E-state index is 0.122. The van der Waals surface area contributed by atoms with Crippen LogP contribution in [0.4, 0.5) is 0 Å². The molecule has 0 atom stereocenters. The van der Waals surface area contributed by atoms with Gasteiger partial charge in [-0.1, -0.05) is 12.1 Å². The molecule has 0 fully saturated rings. The van der Waals surface area contributed by atoms with Crippen molar-refractivity contribution in [2.75, 3.05) is 13.6 Å². The van der Waals surface area contributed by atoms with Crippen molar-refractivity contribution in [2.24, 2.45) is 0 Å². The molecule has 0 N–H and O–H groups in total. The molecule has 2 aromatic rings. The van der Waals surface area contributed by atoms with Crippen molar-refractivity contribution in [2.45, 2.75) is 32.8 Å². The Morgan fingerprint density at radius 3 is 2.35 bits per heavy atom. The minimum Gasteiger partial charge on any atom is -0.491 e. The minimum atomic E-state index is 0.122. The van der Waals surface area contributed by atoms with Crippen LogP contribution in [-0.2, 0) is 17.6 Å². The summed E-state index contributed by atoms with van der Waals surface area (Å²) < 4.78 is 5.61. The van der Waals surface area contributed by atoms with E-state index in [1.165, 1.54) is 5.56 Å². The van der Waals surface area contributed by atoms with Crippen LogP contribution in [0.1, 0.15) is 25.0 Å². The molecule has 1 aromatic carbocycles. The molecule has 1 aromatic heterocycles. The lowest BCUT2D eigenvalue weighted by molar-refractivity contribution is -0.129. The summed E-state index contributed by atoms with van der Waals surface area (Å²) in [6, 6.07) is 11.7. The predicted octanol–water partition coefficient (Wildman–Crippen LogP) is 3.11. The lowest BCUT2D eigenvalue weighted by atomic mass is 10.1. The quantitative estimate of drug-likeness (QED) is 0.789. The van der Waals surface area contributed by atoms with Gasteiger partial charge in [-0.3, -0.25) is 9.78 Å². The van der Waals surface area contributed by atoms with Gasteiger partial charge in [-0.25, -0.2) is 0 Å². The third-order valence-electron chi connectivity index (χ3n) is 3.56. The van der Waals surface area contributed by atoms with Crippen LogP contribution in [0.2, 0.25) is 0 Å². The van der Waals surface area contributed by atoms with Crippen LogP contribution in [0.15, 0.2) is 48.8 Å². The monoisotopic (exact) mass is 312 g/mol. The van der Waals surface area contributed by atoms with Gasteiger partial charge in [0.2, 0.25) is 5.91 Å². The third kappa shape index (κ3) is 5.74. The highest BCUT2D eigenvalue weighted by Gasteiger charge is 2.10. The van der Waals surface area contributed by atoms with E-state index in [9.17, 15) is 4.79 Å². The molecule has 0 aliphatic heterocycles. The van der Waals surface area contributed by atoms with Crippen LogP contribution in [0.3, 0.4) is 0 Å². The van der Waals surface area contributed by atoms with Gasteiger partial charge in [0.1, 0.15) is 5.75 Å². The topological polar surface area (TPSA) is 42.4 Å². The number of amides is 1. The van der Waals surface area contributed by atoms with Gasteiger partial charge in [0.15, 0.2) is 0 Å². The Hall–Kier alpha value is -2.36. The molecule has 0 spiro atoms. The maximum Gasteiger partial charge on any atom is 0.226 e. The largest absolute Gasteiger partial charge is 0.491 e. The summed E-state index contributed by atoms with van der Waals surface area (Å²) in [5, 5.41) is 0. The summed E-state index contributed by atoms with van der Waals surface area (Å²) in [7, 11) is 1.85. The van der Waals surface area contributed by atoms with Crippen LogP contribution >= 0.6 is 0 Å². The Bertz CT molecular complexity index is 609. The Kier molecular flexibility index (Phi) is 6.15. The molecule has 0 unspecified atom stereocenters. The normalized spacial score (nSPS) is 10.6. The zero-order valence-electron chi connectivity index (χ0n) is 14.0. The molecule has 0 aliphatic rings. The van der Waals surface area contributed by atoms with Crippen molar-refractivity contribution < 1.29 is 9.53 Å². The molecule has 0 radical (unpaired) electrons. The first kappa shape index (κ1) is 17.0. The average Bonchev–Trinajstić information content (AvgIpc) is 2.55. The zero-order chi connectivity index (χ0) is 16.7. The first-order valence-corrected chi connectivity index (χ1v) is 7.93. The van der Waals surface area contributed by atoms with Gasteiger partial charge in [-0.2, -0.15) is 0 Å². The van der Waals surface area contributed by atoms with Crippen molar-refractivity contribution in [3.8, 4) is 5.75 Å². The highest BCUT2D eigenvalue weighted by molar-refractivity contribution is 5.78. The fraction of sp³-hybridized carbons (Fsp3) is 0.368. The van der Waals surface area contributed by atoms with Gasteiger partial charge in [0, 0.05) is 26.0 Å². The van der Waals surface area contributed by atoms with Crippen molar-refractivity contribution in [3.63, 3.8) is 0 Å². The van der Waals surface area contributed by atoms with Crippen LogP contribution in [-0.4, -0.2) is 35.5 Å². The van der Waals surface area contributed by atoms with E-state index in [0.29, 0.717) is 13.0 Å². The van der Waals surface area contributed by atoms with E-state index in [4.69, 9.17) is 4.74 Å². The number of benzene rings is 1. The number of rotatable bonds is 7. The fourth-order valence-corrected chi connectivity index (χ4v) is 2.24. The lowest BCUT2D eigenvalue weighted by Crippen LogP contribution is -2.30. The number of carbonyl (C=O) groups excluding carboxylic acids is 1. The van der Waals surface area contributed by atoms with Gasteiger partial charge in [0.25, 0.3) is 0 Å². The number of nitrogens with zero attached hydrogens (tertiary/aromatic N) is 2. The second-order valence-corrected chi connectivity index (χ2v) is 5.91. The van der Waals surface area contributed by atoms with E-state index in [1.54, 1.807) is 17.3 Å². The van der Waals surface area contributed by atoms with Gasteiger partial charge in [-0.15, -0.1) is 0 Å². The lowest BCUT2D eigenvalue weighted by Gasteiger charge is -2.17. The van der Waals surface area contributed by atoms with E-state index in [0.717, 1.165) is 17.7 Å². The Morgan fingerprint density at radius 2 is 1.74 bits per heavy atom. The van der Waals surface area contributed by atoms with E-state index < -0.39 is 0 Å². The van der Waals surface area contributed by atoms with Crippen LogP contribution in [0.25, 0.3) is 0 Å². The second-order valence-electron chi connectivity index (χ2n) is 5.91. The number of pyridine rings is 1. The van der Waals surface area contributed by atoms with Crippen molar-refractivity contribution in [1.29, 1.82) is 0 Å². The molecule has 0 aliphatic carbocycles. The van der Waals surface area contributed by atoms with Gasteiger partial charge in [-0.05, 0) is 55.7 Å². The zero-order valence-corrected chi connectivity index (χ0v) is 14.0. The molecular formula is C19H24N2O2. The molecule has 4 heteroatoms. The fourth-order valence-electron chi connectivity index (χ4n) is 2.24. The maximum absolute atomic E-state index is 12.3. The van der Waals surface area contributed by atoms with E-state index in [1.807, 2.05) is 57.3 Å². The van der Waals surface area contributed by atoms with Crippen LogP contribution in [0.5, 0.6) is 5.75 Å². The van der Waals surface area contributed by atoms with Crippen LogP contribution < -0.4 is 4.74 Å². The molecular weight excluding hydrogens is 288 g/mol. The molecule has 0 bridgehead atoms. The van der Waals surface area contributed by atoms with E-state index >= 15 is 0 Å². The smallest absolute Gasteiger partial charge is 0.226 e. The highest BCUT2D eigenvalue weighted by Crippen LogP contribution is 2.14. The molecule has 122 valence electrons. The van der Waals surface area contributed by atoms with Gasteiger partial charge >= 0.3 is 0 Å². The standard InChI is InChI=1S/C19H24N2O2/c1-15(2)23-18-6-4-17(5-7-18)14-19(22)21(3)13-10-16-8-11-20-12-9-16/h4-9,11-12,15H,10,13-14H2,1-3H3. The molecule has 1 heterocycles. The number of ether oxygens (including phenoxy) is 1. The summed E-state index contributed by atoms with van der Waals surface area (Å²) in [6.07, 6.45) is 4.96. The van der Waals surface area contributed by atoms with Gasteiger partial charge < -0.3 is 9.64 Å². The molecule has 2 rings (SSSR count). The third-order valence-corrected chi connectivity index (χ3v) is 3.56. The number of likely N-dealkylation sites (N-methyl/N-ethyl adjacent to an activating group) is 1. The van der Waals surface area contributed by atoms with Crippen molar-refractivity contribution in [3.05, 3.63) is 59.9 Å². The number of hydrogen-bond acceptors (Lipinski definition) is 3. The van der Waals surface area contributed by atoms with E-state index in [-0.39, 0.29) is 12.0 Å². The highest BCUT2D eigenvalue weighted by atomic mass is 16.5. The molecule has 4 nitrogen and oxygen atoms in total. The second kappa shape index (κ2) is 8.32. The first-order valence-electron chi connectivity index (χ1n) is 7.93. The number of hydrogen-bond donors (Lipinski definition) is 0. The Labute approximate surface area is 138 Å². The Balaban J connectivity index is 1.83. The van der Waals surface area contributed by atoms with Crippen LogP contribution in [0, 0.1) is 0 Å². The SMILES string of the molecule is CC(C)Oc1ccc(CC(=O)N(C)CCc2ccncc2)cc1. The summed E-state index contributed by atoms with van der Waals surface area (Å²) >= 11 is 0. The molecule has 0 saturated heterocycles. The summed E-state index contributed by atoms with van der Waals surface area (Å²) in [5.74, 6) is 0.957. The van der Waals surface area contributed by atoms with E-state index in [2.05, 4.69) is 4.98 Å². The first-order chi connectivity index (χ1) is 11.0. The average molecular weight is 312 g/mol. The summed E-state index contributed by atoms with van der Waals surface area (Å²) in [5.41, 5.74) is 2.19. The van der Waals surface area contributed by atoms with Gasteiger partial charge in [0.05, 0.1) is 12.5 Å². The van der Waals surface area contributed by atoms with Crippen molar-refractivity contribution in [1.82, 2.24) is 9.88 Å². The molecule has 0 saturated carbocycles.